The van der Waals surface area contributed by atoms with E-state index in [1.807, 2.05) is 12.1 Å². The third kappa shape index (κ3) is 7.90. The predicted molar refractivity (Wildman–Crippen MR) is 95.4 cm³/mol. The van der Waals surface area contributed by atoms with Crippen LogP contribution in [0.4, 0.5) is 0 Å². The highest BCUT2D eigenvalue weighted by molar-refractivity contribution is 5.29. The van der Waals surface area contributed by atoms with Crippen LogP contribution in [0.2, 0.25) is 0 Å². The molecule has 0 atom stereocenters. The van der Waals surface area contributed by atoms with E-state index in [1.54, 1.807) is 0 Å². The highest BCUT2D eigenvalue weighted by Crippen LogP contribution is 2.25. The normalized spacial score (nSPS) is 10.5. The monoisotopic (exact) mass is 316 g/mol. The lowest BCUT2D eigenvalue weighted by molar-refractivity contribution is 0.0687. The first-order valence-corrected chi connectivity index (χ1v) is 7.86. The largest absolute Gasteiger partial charge is 0.395 e. The molecule has 0 aliphatic carbocycles. The van der Waals surface area contributed by atoms with Gasteiger partial charge in [0.05, 0.1) is 13.2 Å². The first kappa shape index (κ1) is 19.3. The average molecular weight is 316 g/mol. The van der Waals surface area contributed by atoms with Crippen molar-refractivity contribution < 1.29 is 9.84 Å². The van der Waals surface area contributed by atoms with E-state index >= 15 is 0 Å². The van der Waals surface area contributed by atoms with E-state index < -0.39 is 0 Å². The van der Waals surface area contributed by atoms with Crippen LogP contribution < -0.4 is 5.73 Å². The standard InChI is InChI=1S/C17H21NO.C2H7NO/c1-18(2)13-14-19-17(15-9-5-3-6-10-15)16-11-7-4-8-12-16;3-1-2-4/h3-12,17H,13-14H2,1-2H3;4H,1-3H2. The van der Waals surface area contributed by atoms with Crippen molar-refractivity contribution in [1.82, 2.24) is 4.90 Å². The summed E-state index contributed by atoms with van der Waals surface area (Å²) in [5.41, 5.74) is 7.18. The maximum Gasteiger partial charge on any atom is 0.108 e. The maximum absolute atomic E-state index is 7.75. The maximum atomic E-state index is 7.75. The summed E-state index contributed by atoms with van der Waals surface area (Å²) in [7, 11) is 4.12. The van der Waals surface area contributed by atoms with E-state index in [-0.39, 0.29) is 12.7 Å². The Balaban J connectivity index is 0.000000593. The van der Waals surface area contributed by atoms with Gasteiger partial charge in [-0.1, -0.05) is 60.7 Å². The molecule has 0 spiro atoms. The molecule has 0 aliphatic rings. The molecule has 0 fully saturated rings. The highest BCUT2D eigenvalue weighted by Gasteiger charge is 2.13. The Bertz CT molecular complexity index is 462. The van der Waals surface area contributed by atoms with Crippen LogP contribution in [-0.4, -0.2) is 50.4 Å². The van der Waals surface area contributed by atoms with Crippen LogP contribution in [0.5, 0.6) is 0 Å². The smallest absolute Gasteiger partial charge is 0.108 e. The second-order valence-corrected chi connectivity index (χ2v) is 5.39. The minimum Gasteiger partial charge on any atom is -0.395 e. The first-order chi connectivity index (χ1) is 11.2. The molecule has 0 unspecified atom stereocenters. The van der Waals surface area contributed by atoms with Crippen molar-refractivity contribution in [2.24, 2.45) is 5.73 Å². The molecule has 0 radical (unpaired) electrons. The van der Waals surface area contributed by atoms with Gasteiger partial charge in [-0.3, -0.25) is 0 Å². The third-order valence-electron chi connectivity index (χ3n) is 3.16. The van der Waals surface area contributed by atoms with Gasteiger partial charge in [0.25, 0.3) is 0 Å². The molecular weight excluding hydrogens is 288 g/mol. The van der Waals surface area contributed by atoms with Crippen molar-refractivity contribution in [3.8, 4) is 0 Å². The molecule has 3 N–H and O–H groups in total. The van der Waals surface area contributed by atoms with Crippen LogP contribution in [0, 0.1) is 0 Å². The van der Waals surface area contributed by atoms with E-state index in [1.165, 1.54) is 11.1 Å². The molecule has 0 amide bonds. The molecule has 0 bridgehead atoms. The van der Waals surface area contributed by atoms with Crippen molar-refractivity contribution in [3.05, 3.63) is 71.8 Å². The zero-order chi connectivity index (χ0) is 16.9. The van der Waals surface area contributed by atoms with Gasteiger partial charge in [-0.15, -0.1) is 0 Å². The van der Waals surface area contributed by atoms with Gasteiger partial charge in [0.1, 0.15) is 6.10 Å². The summed E-state index contributed by atoms with van der Waals surface area (Å²) in [5, 5.41) is 7.75. The number of nitrogens with two attached hydrogens (primary N) is 1. The summed E-state index contributed by atoms with van der Waals surface area (Å²) < 4.78 is 6.08. The van der Waals surface area contributed by atoms with Crippen LogP contribution in [-0.2, 0) is 4.74 Å². The van der Waals surface area contributed by atoms with Crippen molar-refractivity contribution in [3.63, 3.8) is 0 Å². The Kier molecular flexibility index (Phi) is 9.91. The quantitative estimate of drug-likeness (QED) is 0.823. The lowest BCUT2D eigenvalue weighted by atomic mass is 10.0. The first-order valence-electron chi connectivity index (χ1n) is 7.86. The lowest BCUT2D eigenvalue weighted by Gasteiger charge is -2.20. The Labute approximate surface area is 139 Å². The van der Waals surface area contributed by atoms with Crippen molar-refractivity contribution in [2.45, 2.75) is 6.10 Å². The topological polar surface area (TPSA) is 58.7 Å². The van der Waals surface area contributed by atoms with E-state index in [0.717, 1.165) is 13.2 Å². The summed E-state index contributed by atoms with van der Waals surface area (Å²) in [6.45, 7) is 2.12. The second-order valence-electron chi connectivity index (χ2n) is 5.39. The molecular formula is C19H28N2O2. The van der Waals surface area contributed by atoms with E-state index in [9.17, 15) is 0 Å². The predicted octanol–water partition coefficient (Wildman–Crippen LogP) is 2.29. The molecule has 0 aliphatic heterocycles. The number of rotatable bonds is 7. The lowest BCUT2D eigenvalue weighted by Crippen LogP contribution is -2.20. The fraction of sp³-hybridized carbons (Fsp3) is 0.368. The van der Waals surface area contributed by atoms with Crippen molar-refractivity contribution in [1.29, 1.82) is 0 Å². The van der Waals surface area contributed by atoms with Gasteiger partial charge in [0.15, 0.2) is 0 Å². The Hall–Kier alpha value is -1.72. The van der Waals surface area contributed by atoms with Crippen LogP contribution in [0.25, 0.3) is 0 Å². The van der Waals surface area contributed by atoms with Crippen molar-refractivity contribution >= 4 is 0 Å². The number of aliphatic hydroxyl groups excluding tert-OH is 1. The van der Waals surface area contributed by atoms with Crippen LogP contribution in [0.15, 0.2) is 60.7 Å². The van der Waals surface area contributed by atoms with Crippen LogP contribution >= 0.6 is 0 Å². The molecule has 23 heavy (non-hydrogen) atoms. The SMILES string of the molecule is CN(C)CCOC(c1ccccc1)c1ccccc1.NCCO. The summed E-state index contributed by atoms with van der Waals surface area (Å²) in [5.74, 6) is 0. The fourth-order valence-electron chi connectivity index (χ4n) is 1.99. The minimum absolute atomic E-state index is 0.0161. The molecule has 0 aromatic heterocycles. The fourth-order valence-corrected chi connectivity index (χ4v) is 1.99. The molecule has 2 rings (SSSR count). The molecule has 0 heterocycles. The molecule has 0 saturated heterocycles. The van der Waals surface area contributed by atoms with Crippen LogP contribution in [0.3, 0.4) is 0 Å². The van der Waals surface area contributed by atoms with Crippen LogP contribution in [0.1, 0.15) is 17.2 Å². The van der Waals surface area contributed by atoms with Gasteiger partial charge >= 0.3 is 0 Å². The van der Waals surface area contributed by atoms with Gasteiger partial charge in [-0.25, -0.2) is 0 Å². The van der Waals surface area contributed by atoms with Gasteiger partial charge in [-0.2, -0.15) is 0 Å². The molecule has 0 saturated carbocycles. The molecule has 126 valence electrons. The van der Waals surface area contributed by atoms with Gasteiger partial charge in [0, 0.05) is 13.1 Å². The number of aliphatic hydroxyl groups is 1. The summed E-state index contributed by atoms with van der Waals surface area (Å²) in [6, 6.07) is 20.8. The average Bonchev–Trinajstić information content (AvgIpc) is 2.60. The summed E-state index contributed by atoms with van der Waals surface area (Å²) >= 11 is 0. The number of likely N-dealkylation sites (N-methyl/N-ethyl adjacent to an activating group) is 1. The third-order valence-corrected chi connectivity index (χ3v) is 3.16. The molecule has 4 nitrogen and oxygen atoms in total. The van der Waals surface area contributed by atoms with Gasteiger partial charge < -0.3 is 20.5 Å². The summed E-state index contributed by atoms with van der Waals surface area (Å²) in [4.78, 5) is 2.13. The number of benzene rings is 2. The molecule has 2 aromatic rings. The number of hydrogen-bond donors (Lipinski definition) is 2. The van der Waals surface area contributed by atoms with E-state index in [2.05, 4.69) is 67.5 Å². The highest BCUT2D eigenvalue weighted by atomic mass is 16.5. The van der Waals surface area contributed by atoms with E-state index in [4.69, 9.17) is 15.6 Å². The molecule has 2 aromatic carbocycles. The zero-order valence-electron chi connectivity index (χ0n) is 14.1. The zero-order valence-corrected chi connectivity index (χ0v) is 14.1. The number of hydrogen-bond acceptors (Lipinski definition) is 4. The van der Waals surface area contributed by atoms with Crippen molar-refractivity contribution in [2.75, 3.05) is 40.4 Å². The second kappa shape index (κ2) is 11.8. The minimum atomic E-state index is 0.0161. The molecule has 4 heteroatoms. The Morgan fingerprint density at radius 2 is 1.39 bits per heavy atom. The summed E-state index contributed by atoms with van der Waals surface area (Å²) in [6.07, 6.45) is 0.0161. The number of nitrogens with zero attached hydrogens (tertiary/aromatic N) is 1. The Morgan fingerprint density at radius 1 is 0.957 bits per heavy atom. The Morgan fingerprint density at radius 3 is 1.74 bits per heavy atom. The van der Waals surface area contributed by atoms with Gasteiger partial charge in [-0.05, 0) is 25.2 Å². The number of ether oxygens (including phenoxy) is 1. The van der Waals surface area contributed by atoms with E-state index in [0.29, 0.717) is 6.54 Å². The van der Waals surface area contributed by atoms with Gasteiger partial charge in [0.2, 0.25) is 0 Å².